The van der Waals surface area contributed by atoms with Crippen LogP contribution in [0.4, 0.5) is 0 Å². The number of benzene rings is 2. The standard InChI is InChI=1S/C16H13ClO4/c1-8-6-9(19-2)7-12-13(8)15(18)10-4-5-11(20-3)14(17)16(10)21-12/h4-7H,1-3H3. The minimum atomic E-state index is -0.115. The van der Waals surface area contributed by atoms with E-state index in [9.17, 15) is 4.79 Å². The zero-order chi connectivity index (χ0) is 15.1. The Kier molecular flexibility index (Phi) is 3.26. The number of hydrogen-bond acceptors (Lipinski definition) is 4. The molecule has 108 valence electrons. The summed E-state index contributed by atoms with van der Waals surface area (Å²) in [6.45, 7) is 1.85. The largest absolute Gasteiger partial charge is 0.497 e. The number of fused-ring (bicyclic) bond motifs is 2. The number of ether oxygens (including phenoxy) is 2. The topological polar surface area (TPSA) is 48.7 Å². The molecule has 0 aliphatic rings. The van der Waals surface area contributed by atoms with Crippen LogP contribution in [-0.4, -0.2) is 14.2 Å². The molecule has 0 fully saturated rings. The highest BCUT2D eigenvalue weighted by Crippen LogP contribution is 2.34. The summed E-state index contributed by atoms with van der Waals surface area (Å²) >= 11 is 6.24. The van der Waals surface area contributed by atoms with Gasteiger partial charge < -0.3 is 13.9 Å². The molecule has 0 bridgehead atoms. The Balaban J connectivity index is 2.52. The van der Waals surface area contributed by atoms with Crippen LogP contribution in [0.5, 0.6) is 11.5 Å². The molecule has 21 heavy (non-hydrogen) atoms. The highest BCUT2D eigenvalue weighted by atomic mass is 35.5. The van der Waals surface area contributed by atoms with Crippen LogP contribution in [0.2, 0.25) is 5.02 Å². The van der Waals surface area contributed by atoms with Crippen molar-refractivity contribution in [2.75, 3.05) is 14.2 Å². The summed E-state index contributed by atoms with van der Waals surface area (Å²) in [6, 6.07) is 6.80. The summed E-state index contributed by atoms with van der Waals surface area (Å²) in [7, 11) is 3.08. The van der Waals surface area contributed by atoms with E-state index in [-0.39, 0.29) is 10.5 Å². The summed E-state index contributed by atoms with van der Waals surface area (Å²) < 4.78 is 16.2. The molecule has 0 aliphatic heterocycles. The fourth-order valence-electron chi connectivity index (χ4n) is 2.43. The predicted molar refractivity (Wildman–Crippen MR) is 82.8 cm³/mol. The first-order valence-corrected chi connectivity index (χ1v) is 6.72. The second-order valence-electron chi connectivity index (χ2n) is 4.71. The zero-order valence-corrected chi connectivity index (χ0v) is 12.6. The van der Waals surface area contributed by atoms with E-state index < -0.39 is 0 Å². The third-order valence-corrected chi connectivity index (χ3v) is 3.83. The van der Waals surface area contributed by atoms with Gasteiger partial charge in [-0.1, -0.05) is 11.6 Å². The lowest BCUT2D eigenvalue weighted by molar-refractivity contribution is 0.413. The minimum Gasteiger partial charge on any atom is -0.497 e. The van der Waals surface area contributed by atoms with E-state index in [1.807, 2.05) is 6.92 Å². The molecule has 4 nitrogen and oxygen atoms in total. The summed E-state index contributed by atoms with van der Waals surface area (Å²) in [4.78, 5) is 12.7. The molecule has 0 radical (unpaired) electrons. The maximum atomic E-state index is 12.7. The molecular weight excluding hydrogens is 292 g/mol. The second-order valence-corrected chi connectivity index (χ2v) is 5.09. The average molecular weight is 305 g/mol. The van der Waals surface area contributed by atoms with Gasteiger partial charge in [0.2, 0.25) is 5.43 Å². The van der Waals surface area contributed by atoms with E-state index in [2.05, 4.69) is 0 Å². The van der Waals surface area contributed by atoms with Crippen molar-refractivity contribution < 1.29 is 13.9 Å². The van der Waals surface area contributed by atoms with E-state index in [1.54, 1.807) is 31.4 Å². The molecule has 3 rings (SSSR count). The Morgan fingerprint density at radius 2 is 1.90 bits per heavy atom. The van der Waals surface area contributed by atoms with Crippen molar-refractivity contribution in [1.82, 2.24) is 0 Å². The van der Waals surface area contributed by atoms with Gasteiger partial charge in [-0.3, -0.25) is 4.79 Å². The van der Waals surface area contributed by atoms with Crippen LogP contribution in [0, 0.1) is 6.92 Å². The summed E-state index contributed by atoms with van der Waals surface area (Å²) in [5.41, 5.74) is 1.45. The van der Waals surface area contributed by atoms with Gasteiger partial charge >= 0.3 is 0 Å². The van der Waals surface area contributed by atoms with Gasteiger partial charge in [0.05, 0.1) is 25.0 Å². The lowest BCUT2D eigenvalue weighted by Crippen LogP contribution is -2.05. The third-order valence-electron chi connectivity index (χ3n) is 3.47. The predicted octanol–water partition coefficient (Wildman–Crippen LogP) is 3.93. The van der Waals surface area contributed by atoms with Gasteiger partial charge in [0.1, 0.15) is 22.1 Å². The Morgan fingerprint density at radius 1 is 1.14 bits per heavy atom. The van der Waals surface area contributed by atoms with Crippen LogP contribution < -0.4 is 14.9 Å². The Morgan fingerprint density at radius 3 is 2.57 bits per heavy atom. The van der Waals surface area contributed by atoms with E-state index in [0.717, 1.165) is 5.56 Å². The highest BCUT2D eigenvalue weighted by Gasteiger charge is 2.16. The van der Waals surface area contributed by atoms with Crippen molar-refractivity contribution >= 4 is 33.5 Å². The van der Waals surface area contributed by atoms with Gasteiger partial charge in [0.15, 0.2) is 5.58 Å². The monoisotopic (exact) mass is 304 g/mol. The first kappa shape index (κ1) is 13.8. The van der Waals surface area contributed by atoms with Gasteiger partial charge in [-0.05, 0) is 30.7 Å². The molecule has 0 N–H and O–H groups in total. The second kappa shape index (κ2) is 4.97. The Bertz CT molecular complexity index is 912. The molecule has 0 aliphatic carbocycles. The third kappa shape index (κ3) is 2.03. The van der Waals surface area contributed by atoms with Crippen molar-refractivity contribution in [2.45, 2.75) is 6.92 Å². The molecule has 0 spiro atoms. The van der Waals surface area contributed by atoms with E-state index in [1.165, 1.54) is 7.11 Å². The number of halogens is 1. The van der Waals surface area contributed by atoms with Crippen LogP contribution in [0.1, 0.15) is 5.56 Å². The average Bonchev–Trinajstić information content (AvgIpc) is 2.48. The number of hydrogen-bond donors (Lipinski definition) is 0. The molecular formula is C16H13ClO4. The van der Waals surface area contributed by atoms with Gasteiger partial charge in [-0.2, -0.15) is 0 Å². The SMILES string of the molecule is COc1cc(C)c2c(=O)c3ccc(OC)c(Cl)c3oc2c1. The first-order chi connectivity index (χ1) is 10.1. The molecule has 5 heteroatoms. The summed E-state index contributed by atoms with van der Waals surface area (Å²) in [5.74, 6) is 1.09. The molecule has 0 saturated heterocycles. The molecule has 0 amide bonds. The maximum Gasteiger partial charge on any atom is 0.200 e. The zero-order valence-electron chi connectivity index (χ0n) is 11.8. The summed E-state index contributed by atoms with van der Waals surface area (Å²) in [5, 5.41) is 1.25. The van der Waals surface area contributed by atoms with Gasteiger partial charge in [0.25, 0.3) is 0 Å². The summed E-state index contributed by atoms with van der Waals surface area (Å²) in [6.07, 6.45) is 0. The van der Waals surface area contributed by atoms with Gasteiger partial charge in [0, 0.05) is 6.07 Å². The van der Waals surface area contributed by atoms with Crippen molar-refractivity contribution in [3.8, 4) is 11.5 Å². The maximum absolute atomic E-state index is 12.7. The van der Waals surface area contributed by atoms with E-state index in [4.69, 9.17) is 25.5 Å². The van der Waals surface area contributed by atoms with Crippen LogP contribution >= 0.6 is 11.6 Å². The fraction of sp³-hybridized carbons (Fsp3) is 0.188. The number of methoxy groups -OCH3 is 2. The number of aryl methyl sites for hydroxylation is 1. The smallest absolute Gasteiger partial charge is 0.200 e. The van der Waals surface area contributed by atoms with Crippen LogP contribution in [-0.2, 0) is 0 Å². The Labute approximate surface area is 125 Å². The van der Waals surface area contributed by atoms with Crippen LogP contribution in [0.25, 0.3) is 21.9 Å². The molecule has 0 saturated carbocycles. The van der Waals surface area contributed by atoms with Crippen molar-refractivity contribution in [2.24, 2.45) is 0 Å². The molecule has 0 atom stereocenters. The molecule has 1 aromatic heterocycles. The minimum absolute atomic E-state index is 0.115. The number of rotatable bonds is 2. The fourth-order valence-corrected chi connectivity index (χ4v) is 2.71. The van der Waals surface area contributed by atoms with Crippen LogP contribution in [0.15, 0.2) is 33.5 Å². The van der Waals surface area contributed by atoms with E-state index in [0.29, 0.717) is 33.4 Å². The van der Waals surface area contributed by atoms with E-state index >= 15 is 0 Å². The molecule has 1 heterocycles. The highest BCUT2D eigenvalue weighted by molar-refractivity contribution is 6.36. The molecule has 3 aromatic rings. The Hall–Kier alpha value is -2.20. The first-order valence-electron chi connectivity index (χ1n) is 6.34. The quantitative estimate of drug-likeness (QED) is 0.673. The van der Waals surface area contributed by atoms with Gasteiger partial charge in [-0.15, -0.1) is 0 Å². The van der Waals surface area contributed by atoms with Crippen molar-refractivity contribution in [3.05, 3.63) is 45.1 Å². The molecule has 0 unspecified atom stereocenters. The van der Waals surface area contributed by atoms with Gasteiger partial charge in [-0.25, -0.2) is 0 Å². The lowest BCUT2D eigenvalue weighted by atomic mass is 10.1. The van der Waals surface area contributed by atoms with Crippen molar-refractivity contribution in [1.29, 1.82) is 0 Å². The normalized spacial score (nSPS) is 11.0. The lowest BCUT2D eigenvalue weighted by Gasteiger charge is -2.09. The van der Waals surface area contributed by atoms with Crippen molar-refractivity contribution in [3.63, 3.8) is 0 Å². The molecule has 2 aromatic carbocycles. The van der Waals surface area contributed by atoms with Crippen LogP contribution in [0.3, 0.4) is 0 Å².